The number of hydrogen-bond donors (Lipinski definition) is 1. The van der Waals surface area contributed by atoms with Crippen LogP contribution < -0.4 is 5.32 Å². The van der Waals surface area contributed by atoms with E-state index in [1.54, 1.807) is 0 Å². The van der Waals surface area contributed by atoms with E-state index in [1.807, 2.05) is 6.92 Å². The molecule has 0 radical (unpaired) electrons. The number of rotatable bonds is 7. The third-order valence-electron chi connectivity index (χ3n) is 3.04. The van der Waals surface area contributed by atoms with Gasteiger partial charge in [-0.05, 0) is 32.7 Å². The van der Waals surface area contributed by atoms with Crippen molar-refractivity contribution in [1.82, 2.24) is 5.32 Å². The molecule has 0 atom stereocenters. The normalized spacial score (nSPS) is 20.4. The van der Waals surface area contributed by atoms with Crippen molar-refractivity contribution in [2.24, 2.45) is 0 Å². The molecule has 2 nitrogen and oxygen atoms in total. The molecule has 0 saturated heterocycles. The summed E-state index contributed by atoms with van der Waals surface area (Å²) in [4.78, 5) is 0. The zero-order valence-electron chi connectivity index (χ0n) is 9.86. The second-order valence-corrected chi connectivity index (χ2v) is 4.44. The molecule has 3 heteroatoms. The summed E-state index contributed by atoms with van der Waals surface area (Å²) < 4.78 is 19.3. The van der Waals surface area contributed by atoms with Crippen LogP contribution in [-0.2, 0) is 4.74 Å². The molecular formula is C12H24FNO. The number of alkyl halides is 1. The minimum atomic E-state index is -0.927. The fraction of sp³-hybridized carbons (Fsp3) is 1.00. The highest BCUT2D eigenvalue weighted by molar-refractivity contribution is 4.84. The van der Waals surface area contributed by atoms with E-state index in [1.165, 1.54) is 6.42 Å². The largest absolute Gasteiger partial charge is 0.382 e. The van der Waals surface area contributed by atoms with Gasteiger partial charge in [-0.2, -0.15) is 0 Å². The number of ether oxygens (including phenoxy) is 1. The van der Waals surface area contributed by atoms with Gasteiger partial charge in [0.15, 0.2) is 0 Å². The SMILES string of the molecule is CCOCCCNCC1(F)CCCCC1. The zero-order valence-corrected chi connectivity index (χ0v) is 9.86. The standard InChI is InChI=1S/C12H24FNO/c1-2-15-10-6-9-14-11-12(13)7-4-3-5-8-12/h14H,2-11H2,1H3. The first-order valence-corrected chi connectivity index (χ1v) is 6.24. The van der Waals surface area contributed by atoms with Crippen LogP contribution in [-0.4, -0.2) is 32.0 Å². The van der Waals surface area contributed by atoms with Gasteiger partial charge in [0, 0.05) is 19.8 Å². The minimum Gasteiger partial charge on any atom is -0.382 e. The van der Waals surface area contributed by atoms with Crippen LogP contribution in [0.15, 0.2) is 0 Å². The third kappa shape index (κ3) is 5.47. The van der Waals surface area contributed by atoms with Crippen LogP contribution >= 0.6 is 0 Å². The highest BCUT2D eigenvalue weighted by atomic mass is 19.1. The Balaban J connectivity index is 1.98. The van der Waals surface area contributed by atoms with Crippen molar-refractivity contribution >= 4 is 0 Å². The van der Waals surface area contributed by atoms with Crippen molar-refractivity contribution in [3.63, 3.8) is 0 Å². The fourth-order valence-electron chi connectivity index (χ4n) is 2.12. The molecule has 0 aliphatic heterocycles. The van der Waals surface area contributed by atoms with E-state index in [-0.39, 0.29) is 0 Å². The van der Waals surface area contributed by atoms with Gasteiger partial charge in [-0.25, -0.2) is 4.39 Å². The van der Waals surface area contributed by atoms with Crippen molar-refractivity contribution in [3.05, 3.63) is 0 Å². The third-order valence-corrected chi connectivity index (χ3v) is 3.04. The Kier molecular flexibility index (Phi) is 6.18. The molecule has 90 valence electrons. The van der Waals surface area contributed by atoms with Crippen LogP contribution in [0.1, 0.15) is 45.4 Å². The van der Waals surface area contributed by atoms with Crippen LogP contribution in [0.2, 0.25) is 0 Å². The maximum Gasteiger partial charge on any atom is 0.123 e. The average Bonchev–Trinajstić information content (AvgIpc) is 2.24. The van der Waals surface area contributed by atoms with E-state index < -0.39 is 5.67 Å². The van der Waals surface area contributed by atoms with Crippen molar-refractivity contribution in [2.75, 3.05) is 26.3 Å². The zero-order chi connectivity index (χ0) is 11.0. The molecule has 0 aromatic rings. The van der Waals surface area contributed by atoms with E-state index in [0.29, 0.717) is 6.54 Å². The fourth-order valence-corrected chi connectivity index (χ4v) is 2.12. The summed E-state index contributed by atoms with van der Waals surface area (Å²) in [5.41, 5.74) is -0.927. The highest BCUT2D eigenvalue weighted by Gasteiger charge is 2.30. The molecule has 0 aromatic heterocycles. The van der Waals surface area contributed by atoms with E-state index in [2.05, 4.69) is 5.32 Å². The number of hydrogen-bond acceptors (Lipinski definition) is 2. The number of nitrogens with one attached hydrogen (secondary N) is 1. The molecule has 0 spiro atoms. The van der Waals surface area contributed by atoms with Crippen LogP contribution in [0.5, 0.6) is 0 Å². The predicted molar refractivity (Wildman–Crippen MR) is 60.9 cm³/mol. The van der Waals surface area contributed by atoms with Crippen LogP contribution in [0.25, 0.3) is 0 Å². The molecule has 0 heterocycles. The molecule has 15 heavy (non-hydrogen) atoms. The predicted octanol–water partition coefficient (Wildman–Crippen LogP) is 2.68. The van der Waals surface area contributed by atoms with Crippen LogP contribution in [0, 0.1) is 0 Å². The molecule has 1 fully saturated rings. The molecular weight excluding hydrogens is 193 g/mol. The van der Waals surface area contributed by atoms with Crippen LogP contribution in [0.4, 0.5) is 4.39 Å². The van der Waals surface area contributed by atoms with Gasteiger partial charge < -0.3 is 10.1 Å². The van der Waals surface area contributed by atoms with Crippen LogP contribution in [0.3, 0.4) is 0 Å². The van der Waals surface area contributed by atoms with Crippen molar-refractivity contribution in [1.29, 1.82) is 0 Å². The van der Waals surface area contributed by atoms with Gasteiger partial charge in [-0.1, -0.05) is 19.3 Å². The Morgan fingerprint density at radius 1 is 1.27 bits per heavy atom. The molecule has 1 N–H and O–H groups in total. The molecule has 0 bridgehead atoms. The Morgan fingerprint density at radius 3 is 2.67 bits per heavy atom. The summed E-state index contributed by atoms with van der Waals surface area (Å²) in [6.45, 7) is 4.94. The van der Waals surface area contributed by atoms with E-state index in [0.717, 1.165) is 51.9 Å². The lowest BCUT2D eigenvalue weighted by atomic mass is 9.86. The molecule has 1 aliphatic carbocycles. The Bertz CT molecular complexity index is 158. The summed E-state index contributed by atoms with van der Waals surface area (Å²) in [6, 6.07) is 0. The molecule has 0 aromatic carbocycles. The highest BCUT2D eigenvalue weighted by Crippen LogP contribution is 2.30. The van der Waals surface area contributed by atoms with Crippen molar-refractivity contribution < 1.29 is 9.13 Å². The van der Waals surface area contributed by atoms with Gasteiger partial charge in [0.05, 0.1) is 0 Å². The average molecular weight is 217 g/mol. The first-order chi connectivity index (χ1) is 7.27. The van der Waals surface area contributed by atoms with E-state index in [9.17, 15) is 4.39 Å². The number of halogens is 1. The summed E-state index contributed by atoms with van der Waals surface area (Å²) in [5.74, 6) is 0. The van der Waals surface area contributed by atoms with Gasteiger partial charge in [-0.15, -0.1) is 0 Å². The lowest BCUT2D eigenvalue weighted by Gasteiger charge is -2.29. The molecule has 0 amide bonds. The lowest BCUT2D eigenvalue weighted by Crippen LogP contribution is -2.38. The van der Waals surface area contributed by atoms with E-state index >= 15 is 0 Å². The summed E-state index contributed by atoms with van der Waals surface area (Å²) in [6.07, 6.45) is 5.77. The van der Waals surface area contributed by atoms with Gasteiger partial charge in [0.25, 0.3) is 0 Å². The topological polar surface area (TPSA) is 21.3 Å². The Morgan fingerprint density at radius 2 is 2.00 bits per heavy atom. The summed E-state index contributed by atoms with van der Waals surface area (Å²) in [7, 11) is 0. The van der Waals surface area contributed by atoms with Gasteiger partial charge in [0.1, 0.15) is 5.67 Å². The van der Waals surface area contributed by atoms with Crippen molar-refractivity contribution in [2.45, 2.75) is 51.1 Å². The van der Waals surface area contributed by atoms with E-state index in [4.69, 9.17) is 4.74 Å². The van der Waals surface area contributed by atoms with Crippen molar-refractivity contribution in [3.8, 4) is 0 Å². The lowest BCUT2D eigenvalue weighted by molar-refractivity contribution is 0.102. The Labute approximate surface area is 92.6 Å². The maximum atomic E-state index is 14.1. The quantitative estimate of drug-likeness (QED) is 0.662. The smallest absolute Gasteiger partial charge is 0.123 e. The maximum absolute atomic E-state index is 14.1. The Hall–Kier alpha value is -0.150. The molecule has 1 aliphatic rings. The molecule has 1 saturated carbocycles. The summed E-state index contributed by atoms with van der Waals surface area (Å²) in [5, 5.41) is 3.20. The second-order valence-electron chi connectivity index (χ2n) is 4.44. The monoisotopic (exact) mass is 217 g/mol. The van der Waals surface area contributed by atoms with Gasteiger partial charge in [-0.3, -0.25) is 0 Å². The van der Waals surface area contributed by atoms with Gasteiger partial charge in [0.2, 0.25) is 0 Å². The first kappa shape index (κ1) is 12.9. The summed E-state index contributed by atoms with van der Waals surface area (Å²) >= 11 is 0. The second kappa shape index (κ2) is 7.18. The molecule has 0 unspecified atom stereocenters. The van der Waals surface area contributed by atoms with Gasteiger partial charge >= 0.3 is 0 Å². The minimum absolute atomic E-state index is 0.527. The molecule has 1 rings (SSSR count). The first-order valence-electron chi connectivity index (χ1n) is 6.24.